The van der Waals surface area contributed by atoms with E-state index in [1.54, 1.807) is 12.4 Å². The van der Waals surface area contributed by atoms with Crippen molar-refractivity contribution in [2.75, 3.05) is 36.2 Å². The van der Waals surface area contributed by atoms with Crippen LogP contribution in [0.2, 0.25) is 0 Å². The lowest BCUT2D eigenvalue weighted by Crippen LogP contribution is -2.38. The van der Waals surface area contributed by atoms with Gasteiger partial charge in [0.05, 0.1) is 61.3 Å². The van der Waals surface area contributed by atoms with Gasteiger partial charge in [-0.25, -0.2) is 9.98 Å². The van der Waals surface area contributed by atoms with Crippen LogP contribution in [0.15, 0.2) is 140 Å². The number of rotatable bonds is 30. The maximum Gasteiger partial charge on any atom is 0.282 e. The lowest BCUT2D eigenvalue weighted by Gasteiger charge is -2.19. The van der Waals surface area contributed by atoms with Gasteiger partial charge in [0.2, 0.25) is 11.8 Å². The fourth-order valence-corrected chi connectivity index (χ4v) is 14.6. The summed E-state index contributed by atoms with van der Waals surface area (Å²) in [5.41, 5.74) is 8.29. The molecule has 446 valence electrons. The number of aliphatic hydroxyl groups excluding tert-OH is 4. The van der Waals surface area contributed by atoms with E-state index in [0.717, 1.165) is 94.5 Å². The van der Waals surface area contributed by atoms with Crippen molar-refractivity contribution < 1.29 is 55.8 Å². The van der Waals surface area contributed by atoms with E-state index >= 15 is 0 Å². The van der Waals surface area contributed by atoms with Crippen LogP contribution in [0.5, 0.6) is 11.5 Å². The summed E-state index contributed by atoms with van der Waals surface area (Å²) in [6.07, 6.45) is 10.3. The molecule has 24 heteroatoms. The summed E-state index contributed by atoms with van der Waals surface area (Å²) in [6.45, 7) is 0.296. The maximum absolute atomic E-state index is 11.5. The minimum Gasteiger partial charge on any atom is -0.495 e. The zero-order valence-electron chi connectivity index (χ0n) is 46.2. The van der Waals surface area contributed by atoms with Crippen molar-refractivity contribution in [1.29, 1.82) is 0 Å². The van der Waals surface area contributed by atoms with Crippen LogP contribution in [0.4, 0.5) is 0 Å². The Balaban J connectivity index is 0.852. The van der Waals surface area contributed by atoms with Crippen LogP contribution in [0.1, 0.15) is 88.2 Å². The van der Waals surface area contributed by atoms with Crippen molar-refractivity contribution in [3.8, 4) is 56.0 Å². The molecular formula is C60H70N8O12S4. The summed E-state index contributed by atoms with van der Waals surface area (Å²) in [5, 5.41) is 63.3. The summed E-state index contributed by atoms with van der Waals surface area (Å²) < 4.78 is 77.6. The van der Waals surface area contributed by atoms with E-state index in [4.69, 9.17) is 9.47 Å². The van der Waals surface area contributed by atoms with E-state index < -0.39 is 31.7 Å². The van der Waals surface area contributed by atoms with Gasteiger partial charge in [0, 0.05) is 46.0 Å². The van der Waals surface area contributed by atoms with E-state index in [1.165, 1.54) is 0 Å². The largest absolute Gasteiger partial charge is 0.495 e. The maximum atomic E-state index is 11.5. The number of hydrogen-bond acceptors (Lipinski definition) is 16. The first-order chi connectivity index (χ1) is 40.5. The van der Waals surface area contributed by atoms with Crippen molar-refractivity contribution in [2.24, 2.45) is 30.4 Å². The van der Waals surface area contributed by atoms with E-state index in [9.17, 15) is 46.4 Å². The fourth-order valence-electron chi connectivity index (χ4n) is 10.5. The number of thioether (sulfide) groups is 2. The van der Waals surface area contributed by atoms with Crippen molar-refractivity contribution >= 4 is 80.0 Å². The molecule has 0 saturated carbocycles. The molecule has 0 aliphatic carbocycles. The lowest BCUT2D eigenvalue weighted by atomic mass is 9.95. The smallest absolute Gasteiger partial charge is 0.282 e. The fraction of sp³-hybridized carbons (Fsp3) is 0.400. The molecule has 2 fully saturated rings. The van der Waals surface area contributed by atoms with Gasteiger partial charge < -0.3 is 40.5 Å². The molecule has 5 aromatic carbocycles. The molecule has 9 rings (SSSR count). The van der Waals surface area contributed by atoms with Crippen molar-refractivity contribution in [1.82, 2.24) is 10.6 Å². The average molecular weight is 1220 g/mol. The zero-order valence-corrected chi connectivity index (χ0v) is 49.5. The van der Waals surface area contributed by atoms with Crippen LogP contribution in [0.3, 0.4) is 0 Å². The van der Waals surface area contributed by atoms with Crippen molar-refractivity contribution in [3.63, 3.8) is 0 Å². The number of hydrogen-bond donors (Lipinski definition) is 8. The number of fused-ring (bicyclic) bond motifs is 2. The first-order valence-electron chi connectivity index (χ1n) is 28.1. The van der Waals surface area contributed by atoms with Gasteiger partial charge in [-0.05, 0) is 108 Å². The summed E-state index contributed by atoms with van der Waals surface area (Å²) in [7, 11) is -8.31. The molecule has 0 spiro atoms. The summed E-state index contributed by atoms with van der Waals surface area (Å²) >= 11 is 3.73. The number of benzene rings is 5. The topological polar surface area (TPSA) is 306 Å². The number of aliphatic imine (C=N–C) groups is 2. The Morgan fingerprint density at radius 3 is 1.25 bits per heavy atom. The minimum absolute atomic E-state index is 0.0274. The number of aliphatic hydroxyl groups is 4. The number of nitrogens with zero attached hydrogens (tertiary/aromatic N) is 6. The third-order valence-corrected chi connectivity index (χ3v) is 19.5. The first kappa shape index (κ1) is 61.6. The lowest BCUT2D eigenvalue weighted by molar-refractivity contribution is 0.302. The number of ether oxygens (including phenoxy) is 2. The van der Waals surface area contributed by atoms with E-state index in [1.807, 2.05) is 133 Å². The van der Waals surface area contributed by atoms with Crippen molar-refractivity contribution in [3.05, 3.63) is 120 Å². The van der Waals surface area contributed by atoms with Gasteiger partial charge in [-0.15, -0.1) is 10.2 Å². The highest BCUT2D eigenvalue weighted by molar-refractivity contribution is 8.00. The molecule has 2 saturated heterocycles. The van der Waals surface area contributed by atoms with Crippen LogP contribution in [-0.2, 0) is 20.2 Å². The Morgan fingerprint density at radius 2 is 0.881 bits per heavy atom. The second kappa shape index (κ2) is 29.2. The normalized spacial score (nSPS) is 20.6. The molecule has 20 nitrogen and oxygen atoms in total. The predicted octanol–water partition coefficient (Wildman–Crippen LogP) is 10.9. The zero-order chi connectivity index (χ0) is 59.1. The molecule has 4 aliphatic heterocycles. The summed E-state index contributed by atoms with van der Waals surface area (Å²) in [6, 6.07) is 35.6. The second-order valence-corrected chi connectivity index (χ2v) is 26.8. The van der Waals surface area contributed by atoms with Crippen LogP contribution in [-0.4, -0.2) is 154 Å². The Kier molecular flexibility index (Phi) is 21.4. The van der Waals surface area contributed by atoms with E-state index in [2.05, 4.69) is 41.0 Å². The molecule has 0 radical (unpaired) electrons. The quantitative estimate of drug-likeness (QED) is 0.00697. The average Bonchev–Trinajstić information content (AvgIpc) is 1.93. The molecular weight excluding hydrogens is 1150 g/mol. The van der Waals surface area contributed by atoms with Crippen LogP contribution in [0.25, 0.3) is 44.5 Å². The molecule has 4 heterocycles. The van der Waals surface area contributed by atoms with E-state index in [0.29, 0.717) is 58.8 Å². The molecule has 6 atom stereocenters. The van der Waals surface area contributed by atoms with Crippen LogP contribution < -0.4 is 20.1 Å². The number of amidine groups is 2. The Labute approximate surface area is 498 Å². The third kappa shape index (κ3) is 18.0. The summed E-state index contributed by atoms with van der Waals surface area (Å²) in [5.74, 6) is 1.92. The van der Waals surface area contributed by atoms with E-state index in [-0.39, 0.29) is 74.1 Å². The van der Waals surface area contributed by atoms with Crippen molar-refractivity contribution in [2.45, 2.75) is 112 Å². The van der Waals surface area contributed by atoms with Gasteiger partial charge >= 0.3 is 0 Å². The van der Waals surface area contributed by atoms with Crippen LogP contribution >= 0.6 is 23.5 Å². The number of unbranched alkanes of at least 4 members (excludes halogenated alkanes) is 4. The van der Waals surface area contributed by atoms with Gasteiger partial charge in [-0.3, -0.25) is 9.11 Å². The second-order valence-electron chi connectivity index (χ2n) is 21.1. The standard InChI is InChI=1S/C60H70N8O12S4/c69-55(11-3-1-9-53-57-49(37-81-53)63-59(71)65-57)67-61-35-39-13-17-41(18-14-39)43-21-25-45(26-22-43)47-33-52(80-30-6-8-32-84(76,77)78)48(34-51(47)79-29-5-7-31-83(73,74)75)46-27-23-44(24-28-46)42-19-15-40(16-20-42)36-62-68-56(70)12-4-2-10-54-58-50(38-82-54)64-60(72)66-58/h13-28,33-36,49-50,53-54,57-58H,1-12,29-32,37-38H2,(H,67,69)(H,68,70)(H2,63,65,71)(H2,64,66,72)(H,73,74,75)(H,76,77,78)/b61-35-,62-36-. The highest BCUT2D eigenvalue weighted by atomic mass is 32.2. The highest BCUT2D eigenvalue weighted by Crippen LogP contribution is 2.43. The monoisotopic (exact) mass is 1220 g/mol. The highest BCUT2D eigenvalue weighted by Gasteiger charge is 2.42. The Hall–Kier alpha value is -6.96. The SMILES string of the molecule is O=S(=O)(O)CCCCOc1cc(-c2ccc(-c3ccc(/C=N\N=C(O)CCCCC4SCC5N=C(O)NC54)cc3)cc2)c(OCCCCS(=O)(=O)O)cc1-c1ccc(-c2ccc(/C=N\N=C(O)CCCCC3SCC4N=C(O)NC43)cc2)cc1. The minimum atomic E-state index is -4.15. The Bertz CT molecular complexity index is 3230. The van der Waals surface area contributed by atoms with Gasteiger partial charge in [0.25, 0.3) is 32.3 Å². The Morgan fingerprint density at radius 1 is 0.524 bits per heavy atom. The van der Waals surface area contributed by atoms with Gasteiger partial charge in [0.1, 0.15) is 11.5 Å². The predicted molar refractivity (Wildman–Crippen MR) is 337 cm³/mol. The number of nitrogens with one attached hydrogen (secondary N) is 2. The van der Waals surface area contributed by atoms with Crippen LogP contribution in [0, 0.1) is 0 Å². The molecule has 4 aliphatic rings. The molecule has 84 heavy (non-hydrogen) atoms. The molecule has 0 aromatic heterocycles. The van der Waals surface area contributed by atoms with Gasteiger partial charge in [-0.1, -0.05) is 110 Å². The third-order valence-electron chi connectivity index (χ3n) is 14.9. The molecule has 6 unspecified atom stereocenters. The molecule has 8 N–H and O–H groups in total. The molecule has 0 amide bonds. The van der Waals surface area contributed by atoms with Gasteiger partial charge in [0.15, 0.2) is 0 Å². The molecule has 5 aromatic rings. The van der Waals surface area contributed by atoms with Gasteiger partial charge in [-0.2, -0.15) is 50.6 Å². The summed E-state index contributed by atoms with van der Waals surface area (Å²) in [4.78, 5) is 8.47. The molecule has 0 bridgehead atoms. The first-order valence-corrected chi connectivity index (χ1v) is 33.4.